The van der Waals surface area contributed by atoms with Gasteiger partial charge in [0.05, 0.1) is 18.8 Å². The average molecular weight is 287 g/mol. The Morgan fingerprint density at radius 1 is 1.24 bits per heavy atom. The Labute approximate surface area is 126 Å². The van der Waals surface area contributed by atoms with Crippen molar-refractivity contribution >= 4 is 11.9 Å². The van der Waals surface area contributed by atoms with Crippen molar-refractivity contribution in [2.45, 2.75) is 33.8 Å². The molecule has 1 aromatic carbocycles. The zero-order chi connectivity index (χ0) is 16.0. The molecule has 0 aliphatic heterocycles. The van der Waals surface area contributed by atoms with Crippen molar-refractivity contribution in [1.29, 1.82) is 5.26 Å². The van der Waals surface area contributed by atoms with Gasteiger partial charge in [0.1, 0.15) is 6.07 Å². The Hall–Kier alpha value is -2.28. The summed E-state index contributed by atoms with van der Waals surface area (Å²) >= 11 is 0. The largest absolute Gasteiger partial charge is 0.493 e. The van der Waals surface area contributed by atoms with Crippen LogP contribution in [-0.4, -0.2) is 19.0 Å². The van der Waals surface area contributed by atoms with Crippen LogP contribution in [0.5, 0.6) is 11.5 Å². The fourth-order valence-corrected chi connectivity index (χ4v) is 1.76. The molecule has 0 aromatic heterocycles. The zero-order valence-corrected chi connectivity index (χ0v) is 13.1. The molecule has 112 valence electrons. The van der Waals surface area contributed by atoms with Crippen LogP contribution < -0.4 is 9.47 Å². The monoisotopic (exact) mass is 287 g/mol. The van der Waals surface area contributed by atoms with E-state index < -0.39 is 0 Å². The van der Waals surface area contributed by atoms with Crippen LogP contribution in [0.4, 0.5) is 0 Å². The molecule has 1 aromatic rings. The van der Waals surface area contributed by atoms with Gasteiger partial charge in [-0.1, -0.05) is 19.9 Å². The highest BCUT2D eigenvalue weighted by atomic mass is 16.5. The number of rotatable bonds is 6. The van der Waals surface area contributed by atoms with Gasteiger partial charge in [0.15, 0.2) is 17.3 Å². The molecule has 21 heavy (non-hydrogen) atoms. The number of ketones is 1. The molecule has 4 nitrogen and oxygen atoms in total. The molecule has 0 unspecified atom stereocenters. The van der Waals surface area contributed by atoms with E-state index in [0.717, 1.165) is 5.56 Å². The SMILES string of the molecule is COc1cc(/C=C(/C#N)C(=O)C(C)C)ccc1OC(C)C. The van der Waals surface area contributed by atoms with Crippen LogP contribution >= 0.6 is 0 Å². The van der Waals surface area contributed by atoms with Crippen LogP contribution in [0.2, 0.25) is 0 Å². The van der Waals surface area contributed by atoms with Crippen molar-refractivity contribution in [1.82, 2.24) is 0 Å². The first-order chi connectivity index (χ1) is 9.88. The Kier molecular flexibility index (Phi) is 5.98. The summed E-state index contributed by atoms with van der Waals surface area (Å²) in [5, 5.41) is 9.11. The second-order valence-electron chi connectivity index (χ2n) is 5.27. The highest BCUT2D eigenvalue weighted by Gasteiger charge is 2.14. The van der Waals surface area contributed by atoms with Gasteiger partial charge in [0, 0.05) is 5.92 Å². The first-order valence-corrected chi connectivity index (χ1v) is 6.89. The number of nitriles is 1. The molecule has 0 saturated carbocycles. The van der Waals surface area contributed by atoms with E-state index in [1.54, 1.807) is 45.2 Å². The molecule has 0 N–H and O–H groups in total. The first-order valence-electron chi connectivity index (χ1n) is 6.89. The number of carbonyl (C=O) groups excluding carboxylic acids is 1. The lowest BCUT2D eigenvalue weighted by Gasteiger charge is -2.14. The minimum atomic E-state index is -0.207. The van der Waals surface area contributed by atoms with E-state index >= 15 is 0 Å². The molecule has 0 heterocycles. The first kappa shape index (κ1) is 16.8. The van der Waals surface area contributed by atoms with Gasteiger partial charge in [0.2, 0.25) is 0 Å². The second-order valence-corrected chi connectivity index (χ2v) is 5.27. The molecule has 0 amide bonds. The lowest BCUT2D eigenvalue weighted by Crippen LogP contribution is -2.09. The Morgan fingerprint density at radius 3 is 2.38 bits per heavy atom. The number of ether oxygens (including phenoxy) is 2. The van der Waals surface area contributed by atoms with Crippen molar-refractivity contribution in [3.05, 3.63) is 29.3 Å². The third-order valence-corrected chi connectivity index (χ3v) is 2.77. The third kappa shape index (κ3) is 4.64. The highest BCUT2D eigenvalue weighted by molar-refractivity contribution is 6.04. The topological polar surface area (TPSA) is 59.3 Å². The predicted molar refractivity (Wildman–Crippen MR) is 82.2 cm³/mol. The summed E-state index contributed by atoms with van der Waals surface area (Å²) in [6.07, 6.45) is 1.61. The summed E-state index contributed by atoms with van der Waals surface area (Å²) in [5.41, 5.74) is 0.873. The number of hydrogen-bond donors (Lipinski definition) is 0. The molecule has 0 aliphatic carbocycles. The van der Waals surface area contributed by atoms with E-state index in [-0.39, 0.29) is 23.4 Å². The van der Waals surface area contributed by atoms with Crippen molar-refractivity contribution in [3.63, 3.8) is 0 Å². The molecule has 0 aliphatic rings. The molecular weight excluding hydrogens is 266 g/mol. The number of carbonyl (C=O) groups is 1. The van der Waals surface area contributed by atoms with Crippen molar-refractivity contribution in [3.8, 4) is 17.6 Å². The van der Waals surface area contributed by atoms with Gasteiger partial charge in [-0.15, -0.1) is 0 Å². The fraction of sp³-hybridized carbons (Fsp3) is 0.412. The van der Waals surface area contributed by atoms with Gasteiger partial charge in [-0.3, -0.25) is 4.79 Å². The second kappa shape index (κ2) is 7.49. The maximum atomic E-state index is 11.9. The number of nitrogens with zero attached hydrogens (tertiary/aromatic N) is 1. The van der Waals surface area contributed by atoms with Gasteiger partial charge in [-0.2, -0.15) is 5.26 Å². The zero-order valence-electron chi connectivity index (χ0n) is 13.1. The molecule has 0 bridgehead atoms. The van der Waals surface area contributed by atoms with Gasteiger partial charge < -0.3 is 9.47 Å². The minimum Gasteiger partial charge on any atom is -0.493 e. The quantitative estimate of drug-likeness (QED) is 0.592. The van der Waals surface area contributed by atoms with Crippen LogP contribution in [0.3, 0.4) is 0 Å². The number of benzene rings is 1. The van der Waals surface area contributed by atoms with Crippen LogP contribution in [0.25, 0.3) is 6.08 Å². The molecule has 4 heteroatoms. The summed E-state index contributed by atoms with van der Waals surface area (Å²) in [6, 6.07) is 7.28. The van der Waals surface area contributed by atoms with Crippen molar-refractivity contribution < 1.29 is 14.3 Å². The molecule has 0 radical (unpaired) electrons. The molecule has 1 rings (SSSR count). The Morgan fingerprint density at radius 2 is 1.90 bits per heavy atom. The third-order valence-electron chi connectivity index (χ3n) is 2.77. The van der Waals surface area contributed by atoms with Crippen LogP contribution in [-0.2, 0) is 4.79 Å². The molecule has 0 saturated heterocycles. The Balaban J connectivity index is 3.15. The van der Waals surface area contributed by atoms with E-state index in [1.807, 2.05) is 19.9 Å². The predicted octanol–water partition coefficient (Wildman–Crippen LogP) is 3.61. The van der Waals surface area contributed by atoms with Gasteiger partial charge >= 0.3 is 0 Å². The average Bonchev–Trinajstić information content (AvgIpc) is 2.44. The van der Waals surface area contributed by atoms with Gasteiger partial charge in [-0.25, -0.2) is 0 Å². The maximum Gasteiger partial charge on any atom is 0.175 e. The number of allylic oxidation sites excluding steroid dienone is 1. The van der Waals surface area contributed by atoms with Crippen molar-refractivity contribution in [2.24, 2.45) is 5.92 Å². The normalized spacial score (nSPS) is 11.4. The number of Topliss-reactive ketones (excluding diaryl/α,β-unsaturated/α-hetero) is 1. The standard InChI is InChI=1S/C17H21NO3/c1-11(2)17(19)14(10-18)8-13-6-7-15(21-12(3)4)16(9-13)20-5/h6-9,11-12H,1-5H3/b14-8-. The van der Waals surface area contributed by atoms with Gasteiger partial charge in [-0.05, 0) is 37.6 Å². The van der Waals surface area contributed by atoms with Crippen molar-refractivity contribution in [2.75, 3.05) is 7.11 Å². The molecule has 0 fully saturated rings. The van der Waals surface area contributed by atoms with E-state index in [0.29, 0.717) is 11.5 Å². The summed E-state index contributed by atoms with van der Waals surface area (Å²) in [6.45, 7) is 7.41. The fourth-order valence-electron chi connectivity index (χ4n) is 1.76. The van der Waals surface area contributed by atoms with E-state index in [9.17, 15) is 4.79 Å². The molecule has 0 atom stereocenters. The summed E-state index contributed by atoms with van der Waals surface area (Å²) < 4.78 is 10.9. The van der Waals surface area contributed by atoms with Crippen LogP contribution in [0.15, 0.2) is 23.8 Å². The Bertz CT molecular complexity index is 580. The highest BCUT2D eigenvalue weighted by Crippen LogP contribution is 2.29. The van der Waals surface area contributed by atoms with Crippen LogP contribution in [0, 0.1) is 17.2 Å². The van der Waals surface area contributed by atoms with Crippen LogP contribution in [0.1, 0.15) is 33.3 Å². The van der Waals surface area contributed by atoms with Gasteiger partial charge in [0.25, 0.3) is 0 Å². The summed E-state index contributed by atoms with van der Waals surface area (Å²) in [4.78, 5) is 11.9. The minimum absolute atomic E-state index is 0.0393. The molecular formula is C17H21NO3. The summed E-state index contributed by atoms with van der Waals surface area (Å²) in [5.74, 6) is 0.838. The smallest absolute Gasteiger partial charge is 0.175 e. The lowest BCUT2D eigenvalue weighted by atomic mass is 10.00. The maximum absolute atomic E-state index is 11.9. The number of hydrogen-bond acceptors (Lipinski definition) is 4. The number of methoxy groups -OCH3 is 1. The summed E-state index contributed by atoms with van der Waals surface area (Å²) in [7, 11) is 1.56. The van der Waals surface area contributed by atoms with E-state index in [4.69, 9.17) is 14.7 Å². The van der Waals surface area contributed by atoms with E-state index in [1.165, 1.54) is 0 Å². The lowest BCUT2D eigenvalue weighted by molar-refractivity contribution is -0.117. The molecule has 0 spiro atoms. The van der Waals surface area contributed by atoms with E-state index in [2.05, 4.69) is 0 Å².